The summed E-state index contributed by atoms with van der Waals surface area (Å²) in [6.07, 6.45) is 0.775. The minimum Gasteiger partial charge on any atom is -0.495 e. The Kier molecular flexibility index (Phi) is 4.26. The van der Waals surface area contributed by atoms with Crippen LogP contribution in [0.4, 0.5) is 10.1 Å². The van der Waals surface area contributed by atoms with Crippen LogP contribution in [0.15, 0.2) is 24.3 Å². The van der Waals surface area contributed by atoms with Crippen molar-refractivity contribution in [2.24, 2.45) is 0 Å². The molecule has 2 atom stereocenters. The maximum Gasteiger partial charge on any atom is 0.142 e. The number of anilines is 1. The van der Waals surface area contributed by atoms with Crippen LogP contribution in [0.3, 0.4) is 0 Å². The lowest BCUT2D eigenvalue weighted by molar-refractivity contribution is 0.414. The van der Waals surface area contributed by atoms with E-state index in [-0.39, 0.29) is 17.1 Å². The molecule has 1 aromatic heterocycles. The Morgan fingerprint density at radius 1 is 1.19 bits per heavy atom. The predicted molar refractivity (Wildman–Crippen MR) is 104 cm³/mol. The topological polar surface area (TPSA) is 63.1 Å². The molecule has 0 aliphatic carbocycles. The number of hydrogen-bond acceptors (Lipinski definition) is 3. The Morgan fingerprint density at radius 2 is 1.96 bits per heavy atom. The average molecular weight is 394 g/mol. The van der Waals surface area contributed by atoms with Crippen molar-refractivity contribution in [2.75, 3.05) is 12.8 Å². The molecule has 4 N–H and O–H groups in total. The Morgan fingerprint density at radius 3 is 2.69 bits per heavy atom. The second-order valence-corrected chi connectivity index (χ2v) is 7.46. The second kappa shape index (κ2) is 6.34. The first kappa shape index (κ1) is 17.5. The summed E-state index contributed by atoms with van der Waals surface area (Å²) in [5.74, 6) is 0.109. The van der Waals surface area contributed by atoms with Crippen LogP contribution < -0.4 is 15.8 Å². The monoisotopic (exact) mass is 393 g/mol. The van der Waals surface area contributed by atoms with Gasteiger partial charge in [-0.1, -0.05) is 23.2 Å². The summed E-state index contributed by atoms with van der Waals surface area (Å²) in [4.78, 5) is 3.38. The van der Waals surface area contributed by atoms with Crippen molar-refractivity contribution in [3.8, 4) is 5.75 Å². The Labute approximate surface area is 160 Å². The highest BCUT2D eigenvalue weighted by atomic mass is 35.5. The van der Waals surface area contributed by atoms with E-state index < -0.39 is 5.82 Å². The molecule has 0 saturated carbocycles. The fourth-order valence-corrected chi connectivity index (χ4v) is 4.11. The van der Waals surface area contributed by atoms with E-state index in [1.165, 1.54) is 6.07 Å². The summed E-state index contributed by atoms with van der Waals surface area (Å²) < 4.78 is 19.2. The number of aromatic nitrogens is 1. The van der Waals surface area contributed by atoms with Gasteiger partial charge < -0.3 is 20.8 Å². The first-order valence-electron chi connectivity index (χ1n) is 8.27. The van der Waals surface area contributed by atoms with Gasteiger partial charge in [-0.05, 0) is 42.7 Å². The molecular formula is C19H18Cl2FN3O. The van der Waals surface area contributed by atoms with Crippen LogP contribution in [0.25, 0.3) is 10.9 Å². The Hall–Kier alpha value is -1.95. The fraction of sp³-hybridized carbons (Fsp3) is 0.263. The number of H-pyrrole nitrogens is 1. The van der Waals surface area contributed by atoms with E-state index in [9.17, 15) is 4.39 Å². The highest BCUT2D eigenvalue weighted by Crippen LogP contribution is 2.40. The molecule has 7 heteroatoms. The molecule has 0 saturated heterocycles. The summed E-state index contributed by atoms with van der Waals surface area (Å²) in [6.45, 7) is 2.09. The van der Waals surface area contributed by atoms with Crippen molar-refractivity contribution in [3.05, 3.63) is 56.9 Å². The maximum absolute atomic E-state index is 14.0. The molecule has 0 radical (unpaired) electrons. The van der Waals surface area contributed by atoms with Crippen LogP contribution >= 0.6 is 23.2 Å². The molecule has 26 heavy (non-hydrogen) atoms. The minimum absolute atomic E-state index is 0.0978. The molecule has 2 aromatic carbocycles. The van der Waals surface area contributed by atoms with Gasteiger partial charge >= 0.3 is 0 Å². The van der Waals surface area contributed by atoms with Crippen molar-refractivity contribution in [3.63, 3.8) is 0 Å². The Bertz CT molecular complexity index is 1020. The van der Waals surface area contributed by atoms with Gasteiger partial charge in [0.2, 0.25) is 0 Å². The van der Waals surface area contributed by atoms with E-state index in [0.717, 1.165) is 34.1 Å². The first-order valence-corrected chi connectivity index (χ1v) is 9.03. The van der Waals surface area contributed by atoms with E-state index in [1.54, 1.807) is 19.2 Å². The molecule has 0 unspecified atom stereocenters. The van der Waals surface area contributed by atoms with Crippen LogP contribution in [0.2, 0.25) is 10.0 Å². The van der Waals surface area contributed by atoms with E-state index in [4.69, 9.17) is 33.7 Å². The number of aromatic amines is 1. The smallest absolute Gasteiger partial charge is 0.142 e. The van der Waals surface area contributed by atoms with E-state index in [1.807, 2.05) is 6.07 Å². The summed E-state index contributed by atoms with van der Waals surface area (Å²) in [5.41, 5.74) is 10.5. The zero-order chi connectivity index (χ0) is 18.6. The minimum atomic E-state index is -0.421. The molecule has 0 spiro atoms. The lowest BCUT2D eigenvalue weighted by atomic mass is 9.90. The standard InChI is InChI=1S/C19H18Cl2FN3O/c1-8-3-10-9-5-14(22)12(20)6-16(9)25-18(10)19(24-8)11-4-13(21)17(26-2)7-15(11)23/h4-8,19,24-25H,3,23H2,1-2H3/t8-,19-/m0/s1. The number of hydrogen-bond donors (Lipinski definition) is 3. The molecule has 3 aromatic rings. The number of nitrogen functional groups attached to an aromatic ring is 1. The number of nitrogens with two attached hydrogens (primary N) is 1. The van der Waals surface area contributed by atoms with Gasteiger partial charge in [-0.25, -0.2) is 4.39 Å². The molecular weight excluding hydrogens is 376 g/mol. The number of benzene rings is 2. The molecule has 2 heterocycles. The van der Waals surface area contributed by atoms with Gasteiger partial charge in [-0.2, -0.15) is 0 Å². The summed E-state index contributed by atoms with van der Waals surface area (Å²) >= 11 is 12.3. The number of ether oxygens (including phenoxy) is 1. The quantitative estimate of drug-likeness (QED) is 0.546. The molecule has 0 fully saturated rings. The van der Waals surface area contributed by atoms with Crippen LogP contribution in [-0.4, -0.2) is 18.1 Å². The Balaban J connectivity index is 1.92. The van der Waals surface area contributed by atoms with Crippen molar-refractivity contribution in [1.82, 2.24) is 10.3 Å². The van der Waals surface area contributed by atoms with E-state index in [2.05, 4.69) is 17.2 Å². The van der Waals surface area contributed by atoms with Crippen molar-refractivity contribution in [1.29, 1.82) is 0 Å². The van der Waals surface area contributed by atoms with Crippen LogP contribution in [0.5, 0.6) is 5.75 Å². The van der Waals surface area contributed by atoms with Crippen LogP contribution in [-0.2, 0) is 6.42 Å². The number of halogens is 3. The molecule has 136 valence electrons. The summed E-state index contributed by atoms with van der Waals surface area (Å²) in [5, 5.41) is 4.98. The van der Waals surface area contributed by atoms with Crippen LogP contribution in [0, 0.1) is 5.82 Å². The lowest BCUT2D eigenvalue weighted by Gasteiger charge is -2.30. The third-order valence-electron chi connectivity index (χ3n) is 4.90. The predicted octanol–water partition coefficient (Wildman–Crippen LogP) is 4.83. The molecule has 0 bridgehead atoms. The zero-order valence-corrected chi connectivity index (χ0v) is 15.8. The van der Waals surface area contributed by atoms with Crippen molar-refractivity contribution in [2.45, 2.75) is 25.4 Å². The first-order chi connectivity index (χ1) is 12.4. The third kappa shape index (κ3) is 2.71. The van der Waals surface area contributed by atoms with Gasteiger partial charge in [0.15, 0.2) is 0 Å². The molecule has 1 aliphatic heterocycles. The van der Waals surface area contributed by atoms with Crippen molar-refractivity contribution >= 4 is 39.8 Å². The van der Waals surface area contributed by atoms with Gasteiger partial charge in [0.25, 0.3) is 0 Å². The van der Waals surface area contributed by atoms with Crippen molar-refractivity contribution < 1.29 is 9.13 Å². The van der Waals surface area contributed by atoms with Gasteiger partial charge in [-0.3, -0.25) is 0 Å². The SMILES string of the molecule is COc1cc(N)c([C@@H]2N[C@@H](C)Cc3c2[nH]c2cc(Cl)c(F)cc32)cc1Cl. The van der Waals surface area contributed by atoms with Gasteiger partial charge in [0.1, 0.15) is 11.6 Å². The number of nitrogens with one attached hydrogen (secondary N) is 2. The van der Waals surface area contributed by atoms with E-state index >= 15 is 0 Å². The highest BCUT2D eigenvalue weighted by molar-refractivity contribution is 6.32. The normalized spacial score (nSPS) is 19.6. The third-order valence-corrected chi connectivity index (χ3v) is 5.48. The summed E-state index contributed by atoms with van der Waals surface area (Å²) in [6, 6.07) is 6.64. The zero-order valence-electron chi connectivity index (χ0n) is 14.3. The van der Waals surface area contributed by atoms with Gasteiger partial charge in [-0.15, -0.1) is 0 Å². The number of rotatable bonds is 2. The largest absolute Gasteiger partial charge is 0.495 e. The molecule has 4 nitrogen and oxygen atoms in total. The maximum atomic E-state index is 14.0. The van der Waals surface area contributed by atoms with Gasteiger partial charge in [0.05, 0.1) is 23.2 Å². The number of methoxy groups -OCH3 is 1. The lowest BCUT2D eigenvalue weighted by Crippen LogP contribution is -2.38. The molecule has 0 amide bonds. The average Bonchev–Trinajstić information content (AvgIpc) is 2.94. The fourth-order valence-electron chi connectivity index (χ4n) is 3.70. The van der Waals surface area contributed by atoms with Gasteiger partial charge in [0, 0.05) is 34.4 Å². The van der Waals surface area contributed by atoms with E-state index in [0.29, 0.717) is 16.5 Å². The second-order valence-electron chi connectivity index (χ2n) is 6.65. The summed E-state index contributed by atoms with van der Waals surface area (Å²) in [7, 11) is 1.55. The number of fused-ring (bicyclic) bond motifs is 3. The molecule has 4 rings (SSSR count). The van der Waals surface area contributed by atoms with Crippen LogP contribution in [0.1, 0.15) is 29.8 Å². The highest BCUT2D eigenvalue weighted by Gasteiger charge is 2.30. The molecule has 1 aliphatic rings.